The number of hydrogen-bond acceptors (Lipinski definition) is 11. The van der Waals surface area contributed by atoms with Crippen molar-refractivity contribution in [3.63, 3.8) is 0 Å². The zero-order valence-corrected chi connectivity index (χ0v) is 13.0. The van der Waals surface area contributed by atoms with Gasteiger partial charge in [-0.2, -0.15) is 0 Å². The van der Waals surface area contributed by atoms with E-state index >= 15 is 0 Å². The van der Waals surface area contributed by atoms with Gasteiger partial charge in [-0.1, -0.05) is 0 Å². The summed E-state index contributed by atoms with van der Waals surface area (Å²) in [4.78, 5) is 0. The molecule has 0 bridgehead atoms. The molecular weight excluding hydrogens is 332 g/mol. The number of aliphatic hydroxyl groups is 7. The molecule has 0 radical (unpaired) electrons. The van der Waals surface area contributed by atoms with Crippen molar-refractivity contribution in [1.29, 1.82) is 0 Å². The first kappa shape index (κ1) is 19.9. The van der Waals surface area contributed by atoms with Gasteiger partial charge in [-0.3, -0.25) is 0 Å². The lowest BCUT2D eigenvalue weighted by Gasteiger charge is -2.45. The largest absolute Gasteiger partial charge is 0.394 e. The molecule has 0 unspecified atom stereocenters. The van der Waals surface area contributed by atoms with Gasteiger partial charge in [-0.05, 0) is 0 Å². The maximum absolute atomic E-state index is 10.2. The molecule has 10 atom stereocenters. The van der Waals surface area contributed by atoms with Gasteiger partial charge in [0, 0.05) is 7.11 Å². The molecule has 0 spiro atoms. The first-order valence-corrected chi connectivity index (χ1v) is 7.46. The average molecular weight is 356 g/mol. The highest BCUT2D eigenvalue weighted by Crippen LogP contribution is 2.29. The van der Waals surface area contributed by atoms with Crippen LogP contribution < -0.4 is 0 Å². The normalized spacial score (nSPS) is 50.0. The average Bonchev–Trinajstić information content (AvgIpc) is 2.59. The molecule has 2 fully saturated rings. The summed E-state index contributed by atoms with van der Waals surface area (Å²) in [6.07, 6.45) is -14.3. The van der Waals surface area contributed by atoms with Crippen molar-refractivity contribution in [2.45, 2.75) is 61.4 Å². The second-order valence-corrected chi connectivity index (χ2v) is 5.74. The molecule has 2 rings (SSSR count). The summed E-state index contributed by atoms with van der Waals surface area (Å²) >= 11 is 0. The monoisotopic (exact) mass is 356 g/mol. The van der Waals surface area contributed by atoms with E-state index in [0.29, 0.717) is 0 Å². The lowest BCUT2D eigenvalue weighted by atomic mass is 9.97. The molecule has 0 amide bonds. The van der Waals surface area contributed by atoms with Crippen LogP contribution in [-0.4, -0.2) is 117 Å². The summed E-state index contributed by atoms with van der Waals surface area (Å²) in [5.74, 6) is 0. The summed E-state index contributed by atoms with van der Waals surface area (Å²) in [6, 6.07) is 0. The predicted octanol–water partition coefficient (Wildman–Crippen LogP) is -4.74. The van der Waals surface area contributed by atoms with Crippen molar-refractivity contribution < 1.29 is 54.7 Å². The highest BCUT2D eigenvalue weighted by atomic mass is 16.8. The van der Waals surface area contributed by atoms with E-state index in [1.54, 1.807) is 0 Å². The number of ether oxygens (including phenoxy) is 4. The molecule has 0 aromatic heterocycles. The Morgan fingerprint density at radius 3 is 1.71 bits per heavy atom. The van der Waals surface area contributed by atoms with E-state index < -0.39 is 74.6 Å². The first-order chi connectivity index (χ1) is 11.3. The quantitative estimate of drug-likeness (QED) is 0.251. The lowest BCUT2D eigenvalue weighted by Crippen LogP contribution is -2.64. The van der Waals surface area contributed by atoms with Crippen LogP contribution >= 0.6 is 0 Å². The molecule has 11 heteroatoms. The van der Waals surface area contributed by atoms with Crippen LogP contribution in [0.3, 0.4) is 0 Å². The summed E-state index contributed by atoms with van der Waals surface area (Å²) in [6.45, 7) is -1.21. The first-order valence-electron chi connectivity index (χ1n) is 7.46. The third-order valence-electron chi connectivity index (χ3n) is 4.20. The van der Waals surface area contributed by atoms with Crippen LogP contribution in [0.15, 0.2) is 0 Å². The Morgan fingerprint density at radius 2 is 1.21 bits per heavy atom. The van der Waals surface area contributed by atoms with E-state index in [1.165, 1.54) is 7.11 Å². The fraction of sp³-hybridized carbons (Fsp3) is 1.00. The van der Waals surface area contributed by atoms with Crippen molar-refractivity contribution in [3.8, 4) is 0 Å². The Bertz CT molecular complexity index is 392. The molecule has 24 heavy (non-hydrogen) atoms. The van der Waals surface area contributed by atoms with Crippen LogP contribution in [0.5, 0.6) is 0 Å². The van der Waals surface area contributed by atoms with E-state index in [2.05, 4.69) is 0 Å². The van der Waals surface area contributed by atoms with Crippen molar-refractivity contribution >= 4 is 0 Å². The third kappa shape index (κ3) is 3.71. The Balaban J connectivity index is 2.12. The van der Waals surface area contributed by atoms with E-state index in [4.69, 9.17) is 29.2 Å². The van der Waals surface area contributed by atoms with Gasteiger partial charge in [0.15, 0.2) is 12.6 Å². The second-order valence-electron chi connectivity index (χ2n) is 5.74. The molecule has 2 heterocycles. The predicted molar refractivity (Wildman–Crippen MR) is 73.4 cm³/mol. The Hall–Kier alpha value is -0.440. The van der Waals surface area contributed by atoms with E-state index in [1.807, 2.05) is 0 Å². The molecule has 11 nitrogen and oxygen atoms in total. The highest BCUT2D eigenvalue weighted by molar-refractivity contribution is 4.93. The Kier molecular flexibility index (Phi) is 6.87. The van der Waals surface area contributed by atoms with Crippen molar-refractivity contribution in [2.24, 2.45) is 0 Å². The number of aliphatic hydroxyl groups excluding tert-OH is 7. The number of rotatable bonds is 5. The maximum Gasteiger partial charge on any atom is 0.187 e. The molecule has 0 aromatic carbocycles. The molecule has 0 aromatic rings. The zero-order chi connectivity index (χ0) is 18.0. The van der Waals surface area contributed by atoms with Crippen LogP contribution in [0.25, 0.3) is 0 Å². The van der Waals surface area contributed by atoms with Gasteiger partial charge in [0.25, 0.3) is 0 Å². The molecule has 2 aliphatic heterocycles. The Labute approximate surface area is 137 Å². The fourth-order valence-electron chi connectivity index (χ4n) is 2.73. The zero-order valence-electron chi connectivity index (χ0n) is 13.0. The standard InChI is InChI=1S/C13H24O11/c1-21-13-11(9(19)7(17)5(3-15)23-13)24-12-10(20)8(18)6(16)4(2-14)22-12/h4-20H,2-3H2,1H3/t4-,5-,6-,7-,8+,9+,10+,11+,12+,13+/m1/s1. The van der Waals surface area contributed by atoms with E-state index in [-0.39, 0.29) is 0 Å². The van der Waals surface area contributed by atoms with Crippen LogP contribution in [-0.2, 0) is 18.9 Å². The number of hydrogen-bond donors (Lipinski definition) is 7. The topological polar surface area (TPSA) is 179 Å². The van der Waals surface area contributed by atoms with Crippen LogP contribution in [0.1, 0.15) is 0 Å². The van der Waals surface area contributed by atoms with Gasteiger partial charge >= 0.3 is 0 Å². The van der Waals surface area contributed by atoms with Gasteiger partial charge in [0.1, 0.15) is 48.8 Å². The summed E-state index contributed by atoms with van der Waals surface area (Å²) in [5, 5.41) is 67.8. The molecule has 7 N–H and O–H groups in total. The van der Waals surface area contributed by atoms with Crippen molar-refractivity contribution in [3.05, 3.63) is 0 Å². The van der Waals surface area contributed by atoms with Crippen LogP contribution in [0.4, 0.5) is 0 Å². The van der Waals surface area contributed by atoms with E-state index in [9.17, 15) is 25.5 Å². The van der Waals surface area contributed by atoms with Crippen LogP contribution in [0, 0.1) is 0 Å². The highest BCUT2D eigenvalue weighted by Gasteiger charge is 2.50. The molecule has 0 saturated carbocycles. The molecule has 142 valence electrons. The van der Waals surface area contributed by atoms with Gasteiger partial charge in [-0.25, -0.2) is 0 Å². The second kappa shape index (κ2) is 8.29. The van der Waals surface area contributed by atoms with Gasteiger partial charge in [-0.15, -0.1) is 0 Å². The van der Waals surface area contributed by atoms with Crippen LogP contribution in [0.2, 0.25) is 0 Å². The fourth-order valence-corrected chi connectivity index (χ4v) is 2.73. The smallest absolute Gasteiger partial charge is 0.187 e. The van der Waals surface area contributed by atoms with Gasteiger partial charge in [0.2, 0.25) is 0 Å². The summed E-state index contributed by atoms with van der Waals surface area (Å²) in [5.41, 5.74) is 0. The molecule has 2 aliphatic rings. The number of methoxy groups -OCH3 is 1. The summed E-state index contributed by atoms with van der Waals surface area (Å²) in [7, 11) is 1.24. The van der Waals surface area contributed by atoms with Gasteiger partial charge < -0.3 is 54.7 Å². The molecule has 2 saturated heterocycles. The minimum absolute atomic E-state index is 0.565. The van der Waals surface area contributed by atoms with E-state index in [0.717, 1.165) is 0 Å². The lowest BCUT2D eigenvalue weighted by molar-refractivity contribution is -0.364. The third-order valence-corrected chi connectivity index (χ3v) is 4.20. The van der Waals surface area contributed by atoms with Crippen molar-refractivity contribution in [2.75, 3.05) is 20.3 Å². The van der Waals surface area contributed by atoms with Crippen molar-refractivity contribution in [1.82, 2.24) is 0 Å². The minimum atomic E-state index is -1.68. The Morgan fingerprint density at radius 1 is 0.708 bits per heavy atom. The van der Waals surface area contributed by atoms with Gasteiger partial charge in [0.05, 0.1) is 13.2 Å². The SMILES string of the molecule is CO[C@H]1O[C@H](CO)[C@@H](O)[C@H](O)[C@@H]1O[C@@H]1O[C@H](CO)[C@@H](O)[C@H](O)[C@@H]1O. The molecule has 0 aliphatic carbocycles. The maximum atomic E-state index is 10.2. The molecular formula is C13H24O11. The summed E-state index contributed by atoms with van der Waals surface area (Å²) < 4.78 is 20.8. The minimum Gasteiger partial charge on any atom is -0.394 e.